The molecular formula is C12H14N4O3. The van der Waals surface area contributed by atoms with Gasteiger partial charge in [0.15, 0.2) is 11.6 Å². The molecule has 100 valence electrons. The highest BCUT2D eigenvalue weighted by molar-refractivity contribution is 5.92. The lowest BCUT2D eigenvalue weighted by Crippen LogP contribution is -2.17. The van der Waals surface area contributed by atoms with Crippen molar-refractivity contribution in [2.75, 3.05) is 19.0 Å². The number of carbonyl (C=O) groups is 1. The van der Waals surface area contributed by atoms with Crippen LogP contribution in [-0.2, 0) is 0 Å². The molecule has 0 aromatic carbocycles. The number of hydrazone groups is 1. The van der Waals surface area contributed by atoms with E-state index in [1.165, 1.54) is 12.3 Å². The summed E-state index contributed by atoms with van der Waals surface area (Å²) in [6.45, 7) is 1.71. The van der Waals surface area contributed by atoms with E-state index in [0.717, 1.165) is 0 Å². The van der Waals surface area contributed by atoms with Crippen molar-refractivity contribution in [3.05, 3.63) is 35.4 Å². The molecule has 19 heavy (non-hydrogen) atoms. The fourth-order valence-corrected chi connectivity index (χ4v) is 1.34. The molecule has 1 amide bonds. The summed E-state index contributed by atoms with van der Waals surface area (Å²) in [6, 6.07) is 5.09. The molecule has 0 aliphatic heterocycles. The Morgan fingerprint density at radius 2 is 2.26 bits per heavy atom. The maximum atomic E-state index is 11.6. The lowest BCUT2D eigenvalue weighted by molar-refractivity contribution is 0.0946. The first-order valence-electron chi connectivity index (χ1n) is 5.60. The molecule has 0 saturated carbocycles. The zero-order valence-electron chi connectivity index (χ0n) is 10.9. The Labute approximate surface area is 109 Å². The molecule has 7 heteroatoms. The normalized spacial score (nSPS) is 10.9. The number of furan rings is 1. The molecule has 2 rings (SSSR count). The van der Waals surface area contributed by atoms with E-state index in [1.54, 1.807) is 13.0 Å². The van der Waals surface area contributed by atoms with Gasteiger partial charge < -0.3 is 13.8 Å². The third kappa shape index (κ3) is 3.21. The van der Waals surface area contributed by atoms with Crippen LogP contribution in [0.25, 0.3) is 0 Å². The van der Waals surface area contributed by atoms with E-state index in [4.69, 9.17) is 8.94 Å². The summed E-state index contributed by atoms with van der Waals surface area (Å²) in [4.78, 5) is 13.4. The Hall–Kier alpha value is -2.57. The molecule has 0 aliphatic rings. The number of nitrogens with zero attached hydrogens (tertiary/aromatic N) is 3. The molecule has 2 heterocycles. The SMILES string of the molecule is Cc1cc(C(=O)N/N=C\c2ccc(N(C)C)o2)no1. The molecule has 2 aromatic heterocycles. The van der Waals surface area contributed by atoms with E-state index in [0.29, 0.717) is 17.4 Å². The van der Waals surface area contributed by atoms with Crippen molar-refractivity contribution in [3.8, 4) is 0 Å². The molecule has 0 spiro atoms. The molecule has 2 aromatic rings. The maximum absolute atomic E-state index is 11.6. The van der Waals surface area contributed by atoms with Crippen molar-refractivity contribution in [2.24, 2.45) is 5.10 Å². The summed E-state index contributed by atoms with van der Waals surface area (Å²) >= 11 is 0. The van der Waals surface area contributed by atoms with Crippen LogP contribution < -0.4 is 10.3 Å². The van der Waals surface area contributed by atoms with E-state index < -0.39 is 5.91 Å². The Morgan fingerprint density at radius 1 is 1.47 bits per heavy atom. The average Bonchev–Trinajstić information content (AvgIpc) is 2.98. The van der Waals surface area contributed by atoms with Crippen molar-refractivity contribution >= 4 is 18.0 Å². The fraction of sp³-hybridized carbons (Fsp3) is 0.250. The monoisotopic (exact) mass is 262 g/mol. The van der Waals surface area contributed by atoms with E-state index in [9.17, 15) is 4.79 Å². The fourth-order valence-electron chi connectivity index (χ4n) is 1.34. The minimum Gasteiger partial charge on any atom is -0.440 e. The Morgan fingerprint density at radius 3 is 2.84 bits per heavy atom. The van der Waals surface area contributed by atoms with Gasteiger partial charge in [0, 0.05) is 26.2 Å². The van der Waals surface area contributed by atoms with Gasteiger partial charge in [0.1, 0.15) is 11.5 Å². The van der Waals surface area contributed by atoms with E-state index in [2.05, 4.69) is 15.7 Å². The van der Waals surface area contributed by atoms with Crippen LogP contribution in [0.5, 0.6) is 0 Å². The van der Waals surface area contributed by atoms with E-state index >= 15 is 0 Å². The quantitative estimate of drug-likeness (QED) is 0.665. The van der Waals surface area contributed by atoms with Crippen molar-refractivity contribution in [2.45, 2.75) is 6.92 Å². The van der Waals surface area contributed by atoms with Gasteiger partial charge in [0.2, 0.25) is 0 Å². The molecule has 7 nitrogen and oxygen atoms in total. The zero-order chi connectivity index (χ0) is 13.8. The topological polar surface area (TPSA) is 83.9 Å². The number of rotatable bonds is 4. The van der Waals surface area contributed by atoms with Crippen LogP contribution in [0.1, 0.15) is 22.0 Å². The number of hydrogen-bond donors (Lipinski definition) is 1. The molecule has 1 N–H and O–H groups in total. The van der Waals surface area contributed by atoms with Gasteiger partial charge in [0.25, 0.3) is 5.91 Å². The second-order valence-corrected chi connectivity index (χ2v) is 4.09. The summed E-state index contributed by atoms with van der Waals surface area (Å²) in [6.07, 6.45) is 1.41. The third-order valence-electron chi connectivity index (χ3n) is 2.27. The molecular weight excluding hydrogens is 248 g/mol. The number of amides is 1. The van der Waals surface area contributed by atoms with Gasteiger partial charge >= 0.3 is 0 Å². The lowest BCUT2D eigenvalue weighted by Gasteiger charge is -2.05. The second kappa shape index (κ2) is 5.38. The smallest absolute Gasteiger partial charge is 0.293 e. The molecule has 0 unspecified atom stereocenters. The Balaban J connectivity index is 1.94. The van der Waals surface area contributed by atoms with Gasteiger partial charge in [-0.05, 0) is 13.0 Å². The highest BCUT2D eigenvalue weighted by atomic mass is 16.5. The molecule has 0 saturated heterocycles. The van der Waals surface area contributed by atoms with Crippen LogP contribution in [0.2, 0.25) is 0 Å². The number of hydrogen-bond acceptors (Lipinski definition) is 6. The third-order valence-corrected chi connectivity index (χ3v) is 2.27. The number of nitrogens with one attached hydrogen (secondary N) is 1. The van der Waals surface area contributed by atoms with Gasteiger partial charge in [-0.1, -0.05) is 5.16 Å². The van der Waals surface area contributed by atoms with E-state index in [-0.39, 0.29) is 5.69 Å². The molecule has 0 atom stereocenters. The Bertz CT molecular complexity index is 598. The summed E-state index contributed by atoms with van der Waals surface area (Å²) < 4.78 is 10.2. The first-order valence-corrected chi connectivity index (χ1v) is 5.60. The number of carbonyl (C=O) groups excluding carboxylic acids is 1. The van der Waals surface area contributed by atoms with Crippen molar-refractivity contribution in [1.29, 1.82) is 0 Å². The summed E-state index contributed by atoms with van der Waals surface area (Å²) in [7, 11) is 3.74. The summed E-state index contributed by atoms with van der Waals surface area (Å²) in [5, 5.41) is 7.36. The predicted octanol–water partition coefficient (Wildman–Crippen LogP) is 1.41. The zero-order valence-corrected chi connectivity index (χ0v) is 10.9. The van der Waals surface area contributed by atoms with Gasteiger partial charge in [-0.2, -0.15) is 5.10 Å². The maximum Gasteiger partial charge on any atom is 0.293 e. The van der Waals surface area contributed by atoms with Gasteiger partial charge in [0.05, 0.1) is 6.21 Å². The van der Waals surface area contributed by atoms with E-state index in [1.807, 2.05) is 25.1 Å². The van der Waals surface area contributed by atoms with Crippen molar-refractivity contribution in [3.63, 3.8) is 0 Å². The van der Waals surface area contributed by atoms with Crippen LogP contribution >= 0.6 is 0 Å². The largest absolute Gasteiger partial charge is 0.440 e. The van der Waals surface area contributed by atoms with Crippen LogP contribution in [0.4, 0.5) is 5.88 Å². The van der Waals surface area contributed by atoms with Crippen LogP contribution in [0.3, 0.4) is 0 Å². The van der Waals surface area contributed by atoms with Crippen LogP contribution in [0.15, 0.2) is 32.2 Å². The average molecular weight is 262 g/mol. The first kappa shape index (κ1) is 12.9. The van der Waals surface area contributed by atoms with Gasteiger partial charge in [-0.25, -0.2) is 5.43 Å². The van der Waals surface area contributed by atoms with Crippen LogP contribution in [-0.4, -0.2) is 31.4 Å². The van der Waals surface area contributed by atoms with Crippen molar-refractivity contribution < 1.29 is 13.7 Å². The standard InChI is InChI=1S/C12H14N4O3/c1-8-6-10(15-19-8)12(17)14-13-7-9-4-5-11(18-9)16(2)3/h4-7H,1-3H3,(H,14,17)/b13-7-. The highest BCUT2D eigenvalue weighted by Crippen LogP contribution is 2.14. The minimum absolute atomic E-state index is 0.183. The molecule has 0 fully saturated rings. The minimum atomic E-state index is -0.438. The van der Waals surface area contributed by atoms with Gasteiger partial charge in [-0.15, -0.1) is 0 Å². The predicted molar refractivity (Wildman–Crippen MR) is 69.3 cm³/mol. The highest BCUT2D eigenvalue weighted by Gasteiger charge is 2.09. The first-order chi connectivity index (χ1) is 9.06. The lowest BCUT2D eigenvalue weighted by atomic mass is 10.4. The second-order valence-electron chi connectivity index (χ2n) is 4.09. The Kier molecular flexibility index (Phi) is 3.65. The number of anilines is 1. The number of aryl methyl sites for hydroxylation is 1. The molecule has 0 bridgehead atoms. The summed E-state index contributed by atoms with van der Waals surface area (Å²) in [5.74, 6) is 1.38. The van der Waals surface area contributed by atoms with Crippen molar-refractivity contribution in [1.82, 2.24) is 10.6 Å². The molecule has 0 aliphatic carbocycles. The molecule has 0 radical (unpaired) electrons. The van der Waals surface area contributed by atoms with Crippen LogP contribution in [0, 0.1) is 6.92 Å². The summed E-state index contributed by atoms with van der Waals surface area (Å²) in [5.41, 5.74) is 2.52. The number of aromatic nitrogens is 1. The van der Waals surface area contributed by atoms with Gasteiger partial charge in [-0.3, -0.25) is 4.79 Å².